The van der Waals surface area contributed by atoms with Crippen molar-refractivity contribution < 1.29 is 14.7 Å². The minimum Gasteiger partial charge on any atom is -0.505 e. The van der Waals surface area contributed by atoms with Crippen LogP contribution in [0.3, 0.4) is 0 Å². The zero-order valence-electron chi connectivity index (χ0n) is 13.3. The van der Waals surface area contributed by atoms with Crippen LogP contribution in [0.4, 0.5) is 5.69 Å². The summed E-state index contributed by atoms with van der Waals surface area (Å²) in [6.45, 7) is 0. The number of ketones is 1. The number of aromatic hydroxyl groups is 1. The van der Waals surface area contributed by atoms with Gasteiger partial charge < -0.3 is 10.4 Å². The lowest BCUT2D eigenvalue weighted by atomic mass is 9.48. The second kappa shape index (κ2) is 5.36. The SMILES string of the molecule is O=CNc1cccc(C(=O)CC23CC4CC(CC(C4)C2)C3)c1O. The van der Waals surface area contributed by atoms with E-state index < -0.39 is 0 Å². The molecule has 4 heteroatoms. The fourth-order valence-electron chi connectivity index (χ4n) is 5.89. The monoisotopic (exact) mass is 313 g/mol. The Bertz CT molecular complexity index is 617. The van der Waals surface area contributed by atoms with Crippen LogP contribution in [0.1, 0.15) is 55.3 Å². The molecule has 0 saturated heterocycles. The molecule has 0 heterocycles. The van der Waals surface area contributed by atoms with Crippen LogP contribution in [0.2, 0.25) is 0 Å². The number of para-hydroxylation sites is 1. The van der Waals surface area contributed by atoms with Gasteiger partial charge in [0.25, 0.3) is 0 Å². The first-order chi connectivity index (χ1) is 11.1. The fraction of sp³-hybridized carbons (Fsp3) is 0.579. The maximum absolute atomic E-state index is 12.8. The van der Waals surface area contributed by atoms with Gasteiger partial charge in [-0.25, -0.2) is 0 Å². The number of phenols is 1. The normalized spacial score (nSPS) is 34.3. The van der Waals surface area contributed by atoms with Crippen LogP contribution < -0.4 is 5.32 Å². The van der Waals surface area contributed by atoms with Crippen LogP contribution >= 0.6 is 0 Å². The van der Waals surface area contributed by atoms with Gasteiger partial charge in [-0.15, -0.1) is 0 Å². The molecular formula is C19H23NO3. The van der Waals surface area contributed by atoms with Gasteiger partial charge in [-0.1, -0.05) is 6.07 Å². The number of amides is 1. The number of carbonyl (C=O) groups excluding carboxylic acids is 2. The minimum atomic E-state index is -0.102. The van der Waals surface area contributed by atoms with E-state index in [1.165, 1.54) is 38.5 Å². The molecule has 4 aliphatic carbocycles. The molecule has 0 unspecified atom stereocenters. The van der Waals surface area contributed by atoms with Crippen molar-refractivity contribution in [3.05, 3.63) is 23.8 Å². The molecule has 1 amide bonds. The summed E-state index contributed by atoms with van der Waals surface area (Å²) in [4.78, 5) is 23.4. The standard InChI is InChI=1S/C19H23NO3/c21-11-20-16-3-1-2-15(18(16)23)17(22)10-19-7-12-4-13(8-19)6-14(5-12)9-19/h1-3,11-14,23H,4-10H2,(H,20,21). The van der Waals surface area contributed by atoms with Gasteiger partial charge in [-0.05, 0) is 73.8 Å². The number of anilines is 1. The largest absolute Gasteiger partial charge is 0.505 e. The number of carbonyl (C=O) groups is 2. The second-order valence-corrected chi connectivity index (χ2v) is 7.98. The number of hydrogen-bond acceptors (Lipinski definition) is 3. The van der Waals surface area contributed by atoms with Crippen molar-refractivity contribution in [1.82, 2.24) is 0 Å². The molecule has 4 fully saturated rings. The van der Waals surface area contributed by atoms with Crippen molar-refractivity contribution in [2.24, 2.45) is 23.2 Å². The van der Waals surface area contributed by atoms with Crippen molar-refractivity contribution in [2.45, 2.75) is 44.9 Å². The molecule has 0 aliphatic heterocycles. The van der Waals surface area contributed by atoms with Gasteiger partial charge in [0.15, 0.2) is 5.78 Å². The number of phenolic OH excluding ortho intramolecular Hbond substituents is 1. The molecule has 1 aromatic carbocycles. The molecule has 23 heavy (non-hydrogen) atoms. The lowest BCUT2D eigenvalue weighted by Gasteiger charge is -2.56. The molecular weight excluding hydrogens is 290 g/mol. The topological polar surface area (TPSA) is 66.4 Å². The predicted octanol–water partition coefficient (Wildman–Crippen LogP) is 3.75. The summed E-state index contributed by atoms with van der Waals surface area (Å²) in [5, 5.41) is 12.7. The number of nitrogens with one attached hydrogen (secondary N) is 1. The van der Waals surface area contributed by atoms with E-state index in [-0.39, 0.29) is 16.9 Å². The van der Waals surface area contributed by atoms with Gasteiger partial charge in [0.2, 0.25) is 6.41 Å². The van der Waals surface area contributed by atoms with Crippen molar-refractivity contribution in [1.29, 1.82) is 0 Å². The first kappa shape index (κ1) is 14.7. The van der Waals surface area contributed by atoms with Gasteiger partial charge in [-0.2, -0.15) is 0 Å². The second-order valence-electron chi connectivity index (χ2n) is 7.98. The molecule has 0 atom stereocenters. The van der Waals surface area contributed by atoms with E-state index in [0.29, 0.717) is 24.1 Å². The molecule has 5 rings (SSSR count). The predicted molar refractivity (Wildman–Crippen MR) is 87.3 cm³/mol. The summed E-state index contributed by atoms with van der Waals surface area (Å²) >= 11 is 0. The highest BCUT2D eigenvalue weighted by molar-refractivity contribution is 6.01. The molecule has 4 bridgehead atoms. The van der Waals surface area contributed by atoms with E-state index in [2.05, 4.69) is 5.32 Å². The van der Waals surface area contributed by atoms with E-state index in [0.717, 1.165) is 17.8 Å². The minimum absolute atomic E-state index is 0.0130. The first-order valence-corrected chi connectivity index (χ1v) is 8.64. The van der Waals surface area contributed by atoms with E-state index in [4.69, 9.17) is 0 Å². The Kier molecular flexibility index (Phi) is 3.43. The third kappa shape index (κ3) is 2.54. The van der Waals surface area contributed by atoms with Crippen LogP contribution in [-0.4, -0.2) is 17.3 Å². The zero-order valence-corrected chi connectivity index (χ0v) is 13.3. The summed E-state index contributed by atoms with van der Waals surface area (Å²) < 4.78 is 0. The molecule has 1 aromatic rings. The summed E-state index contributed by atoms with van der Waals surface area (Å²) in [6.07, 6.45) is 8.66. The smallest absolute Gasteiger partial charge is 0.211 e. The van der Waals surface area contributed by atoms with E-state index in [1.54, 1.807) is 18.2 Å². The summed E-state index contributed by atoms with van der Waals surface area (Å²) in [7, 11) is 0. The Morgan fingerprint density at radius 3 is 2.35 bits per heavy atom. The summed E-state index contributed by atoms with van der Waals surface area (Å²) in [5.41, 5.74) is 0.802. The first-order valence-electron chi connectivity index (χ1n) is 8.64. The van der Waals surface area contributed by atoms with E-state index in [9.17, 15) is 14.7 Å². The Labute approximate surface area is 136 Å². The Balaban J connectivity index is 1.56. The lowest BCUT2D eigenvalue weighted by Crippen LogP contribution is -2.46. The molecule has 122 valence electrons. The van der Waals surface area contributed by atoms with Gasteiger partial charge in [0.05, 0.1) is 11.3 Å². The summed E-state index contributed by atoms with van der Waals surface area (Å²) in [6, 6.07) is 4.97. The molecule has 0 spiro atoms. The average Bonchev–Trinajstić information content (AvgIpc) is 2.47. The Morgan fingerprint density at radius 2 is 1.78 bits per heavy atom. The fourth-order valence-corrected chi connectivity index (χ4v) is 5.89. The number of benzene rings is 1. The third-order valence-corrected chi connectivity index (χ3v) is 6.25. The zero-order chi connectivity index (χ0) is 16.0. The molecule has 0 aromatic heterocycles. The average molecular weight is 313 g/mol. The molecule has 2 N–H and O–H groups in total. The third-order valence-electron chi connectivity index (χ3n) is 6.25. The van der Waals surface area contributed by atoms with Gasteiger partial charge in [0, 0.05) is 6.42 Å². The van der Waals surface area contributed by atoms with Crippen LogP contribution in [0, 0.1) is 23.2 Å². The molecule has 0 radical (unpaired) electrons. The number of hydrogen-bond donors (Lipinski definition) is 2. The highest BCUT2D eigenvalue weighted by Crippen LogP contribution is 2.61. The van der Waals surface area contributed by atoms with Gasteiger partial charge >= 0.3 is 0 Å². The van der Waals surface area contributed by atoms with Crippen molar-refractivity contribution in [3.8, 4) is 5.75 Å². The maximum atomic E-state index is 12.8. The van der Waals surface area contributed by atoms with Crippen LogP contribution in [-0.2, 0) is 4.79 Å². The van der Waals surface area contributed by atoms with E-state index in [1.807, 2.05) is 0 Å². The van der Waals surface area contributed by atoms with Gasteiger partial charge in [0.1, 0.15) is 5.75 Å². The van der Waals surface area contributed by atoms with E-state index >= 15 is 0 Å². The maximum Gasteiger partial charge on any atom is 0.211 e. The van der Waals surface area contributed by atoms with Crippen LogP contribution in [0.5, 0.6) is 5.75 Å². The quantitative estimate of drug-likeness (QED) is 0.494. The number of rotatable bonds is 5. The van der Waals surface area contributed by atoms with Crippen molar-refractivity contribution >= 4 is 17.9 Å². The lowest BCUT2D eigenvalue weighted by molar-refractivity contribution is -0.105. The molecule has 4 nitrogen and oxygen atoms in total. The van der Waals surface area contributed by atoms with Crippen molar-refractivity contribution in [2.75, 3.05) is 5.32 Å². The number of Topliss-reactive ketones (excluding diaryl/α,β-unsaturated/α-hetero) is 1. The van der Waals surface area contributed by atoms with Crippen molar-refractivity contribution in [3.63, 3.8) is 0 Å². The molecule has 4 saturated carbocycles. The highest BCUT2D eigenvalue weighted by Gasteiger charge is 2.51. The summed E-state index contributed by atoms with van der Waals surface area (Å²) in [5.74, 6) is 2.34. The Morgan fingerprint density at radius 1 is 1.17 bits per heavy atom. The van der Waals surface area contributed by atoms with Crippen LogP contribution in [0.15, 0.2) is 18.2 Å². The van der Waals surface area contributed by atoms with Gasteiger partial charge in [-0.3, -0.25) is 9.59 Å². The Hall–Kier alpha value is -1.84. The van der Waals surface area contributed by atoms with Crippen LogP contribution in [0.25, 0.3) is 0 Å². The highest BCUT2D eigenvalue weighted by atomic mass is 16.3. The molecule has 4 aliphatic rings.